The van der Waals surface area contributed by atoms with Gasteiger partial charge in [0.25, 0.3) is 0 Å². The number of hydrogen-bond acceptors (Lipinski definition) is 2. The van der Waals surface area contributed by atoms with E-state index in [1.165, 1.54) is 0 Å². The largest absolute Gasteiger partial charge is 0.445 e. The summed E-state index contributed by atoms with van der Waals surface area (Å²) in [6, 6.07) is 9.54. The van der Waals surface area contributed by atoms with Crippen molar-refractivity contribution in [3.8, 4) is 0 Å². The van der Waals surface area contributed by atoms with Crippen LogP contribution in [0.5, 0.6) is 0 Å². The summed E-state index contributed by atoms with van der Waals surface area (Å²) in [5.41, 5.74) is 0.972. The molecule has 0 bridgehead atoms. The van der Waals surface area contributed by atoms with E-state index in [0.717, 1.165) is 24.8 Å². The maximum Gasteiger partial charge on any atom is 0.407 e. The van der Waals surface area contributed by atoms with E-state index in [4.69, 9.17) is 4.74 Å². The number of unbranched alkanes of at least 4 members (excludes halogenated alkanes) is 1. The number of alkyl carbamates (subject to hydrolysis) is 1. The zero-order valence-electron chi connectivity index (χ0n) is 11.2. The number of carbonyl (C=O) groups is 1. The number of amides is 1. The predicted octanol–water partition coefficient (Wildman–Crippen LogP) is 3.82. The van der Waals surface area contributed by atoms with Crippen molar-refractivity contribution in [3.05, 3.63) is 61.2 Å². The molecule has 0 fully saturated rings. The third-order valence-corrected chi connectivity index (χ3v) is 2.72. The van der Waals surface area contributed by atoms with E-state index in [1.54, 1.807) is 6.08 Å². The van der Waals surface area contributed by atoms with Crippen molar-refractivity contribution >= 4 is 6.09 Å². The first-order valence-electron chi connectivity index (χ1n) is 6.47. The molecule has 3 nitrogen and oxygen atoms in total. The number of rotatable bonds is 8. The van der Waals surface area contributed by atoms with Gasteiger partial charge < -0.3 is 10.1 Å². The van der Waals surface area contributed by atoms with Crippen LogP contribution in [0, 0.1) is 0 Å². The van der Waals surface area contributed by atoms with Gasteiger partial charge in [-0.05, 0) is 24.8 Å². The maximum absolute atomic E-state index is 11.6. The molecule has 19 heavy (non-hydrogen) atoms. The molecule has 1 N–H and O–H groups in total. The molecule has 0 aliphatic carbocycles. The van der Waals surface area contributed by atoms with Crippen LogP contribution >= 0.6 is 0 Å². The molecule has 0 radical (unpaired) electrons. The van der Waals surface area contributed by atoms with Gasteiger partial charge in [0.15, 0.2) is 0 Å². The first-order chi connectivity index (χ1) is 9.26. The van der Waals surface area contributed by atoms with Crippen LogP contribution in [-0.2, 0) is 11.3 Å². The van der Waals surface area contributed by atoms with Crippen LogP contribution in [0.3, 0.4) is 0 Å². The lowest BCUT2D eigenvalue weighted by atomic mass is 10.1. The van der Waals surface area contributed by atoms with Crippen LogP contribution in [0.25, 0.3) is 0 Å². The lowest BCUT2D eigenvalue weighted by Crippen LogP contribution is -2.33. The Kier molecular flexibility index (Phi) is 7.10. The van der Waals surface area contributed by atoms with E-state index in [9.17, 15) is 4.79 Å². The van der Waals surface area contributed by atoms with Crippen LogP contribution in [0.15, 0.2) is 55.6 Å². The van der Waals surface area contributed by atoms with Crippen molar-refractivity contribution in [1.82, 2.24) is 5.32 Å². The molecule has 0 saturated heterocycles. The Morgan fingerprint density at radius 2 is 2.05 bits per heavy atom. The van der Waals surface area contributed by atoms with E-state index in [2.05, 4.69) is 18.5 Å². The quantitative estimate of drug-likeness (QED) is 0.569. The van der Waals surface area contributed by atoms with E-state index in [-0.39, 0.29) is 12.6 Å². The summed E-state index contributed by atoms with van der Waals surface area (Å²) in [6.45, 7) is 7.67. The number of benzene rings is 1. The highest BCUT2D eigenvalue weighted by atomic mass is 16.5. The van der Waals surface area contributed by atoms with Gasteiger partial charge in [-0.1, -0.05) is 42.5 Å². The second-order valence-corrected chi connectivity index (χ2v) is 4.27. The fraction of sp³-hybridized carbons (Fsp3) is 0.312. The average molecular weight is 259 g/mol. The highest BCUT2D eigenvalue weighted by Crippen LogP contribution is 2.04. The van der Waals surface area contributed by atoms with Gasteiger partial charge in [-0.3, -0.25) is 0 Å². The van der Waals surface area contributed by atoms with Crippen molar-refractivity contribution in [2.45, 2.75) is 31.9 Å². The van der Waals surface area contributed by atoms with Gasteiger partial charge in [0, 0.05) is 0 Å². The summed E-state index contributed by atoms with van der Waals surface area (Å²) in [7, 11) is 0. The van der Waals surface area contributed by atoms with Crippen LogP contribution in [0.1, 0.15) is 24.8 Å². The van der Waals surface area contributed by atoms with Gasteiger partial charge in [-0.15, -0.1) is 13.2 Å². The van der Waals surface area contributed by atoms with Crippen molar-refractivity contribution in [2.24, 2.45) is 0 Å². The molecule has 0 aromatic heterocycles. The maximum atomic E-state index is 11.6. The Bertz CT molecular complexity index is 400. The lowest BCUT2D eigenvalue weighted by molar-refractivity contribution is 0.137. The van der Waals surface area contributed by atoms with Crippen molar-refractivity contribution < 1.29 is 9.53 Å². The minimum Gasteiger partial charge on any atom is -0.445 e. The molecule has 0 aliphatic rings. The SMILES string of the molecule is C=CCCC[C@H](C=C)NC(=O)OCc1ccccc1. The Balaban J connectivity index is 2.28. The summed E-state index contributed by atoms with van der Waals surface area (Å²) in [5.74, 6) is 0. The molecule has 0 heterocycles. The first kappa shape index (κ1) is 15.0. The van der Waals surface area contributed by atoms with Crippen molar-refractivity contribution in [1.29, 1.82) is 0 Å². The number of ether oxygens (including phenoxy) is 1. The monoisotopic (exact) mass is 259 g/mol. The number of nitrogens with one attached hydrogen (secondary N) is 1. The summed E-state index contributed by atoms with van der Waals surface area (Å²) < 4.78 is 5.15. The van der Waals surface area contributed by atoms with Crippen LogP contribution in [0.2, 0.25) is 0 Å². The fourth-order valence-corrected chi connectivity index (χ4v) is 1.65. The summed E-state index contributed by atoms with van der Waals surface area (Å²) >= 11 is 0. The van der Waals surface area contributed by atoms with Gasteiger partial charge in [-0.2, -0.15) is 0 Å². The topological polar surface area (TPSA) is 38.3 Å². The Hall–Kier alpha value is -2.03. The van der Waals surface area contributed by atoms with Gasteiger partial charge in [0.2, 0.25) is 0 Å². The van der Waals surface area contributed by atoms with Crippen LogP contribution in [-0.4, -0.2) is 12.1 Å². The van der Waals surface area contributed by atoms with Gasteiger partial charge >= 0.3 is 6.09 Å². The third kappa shape index (κ3) is 6.46. The zero-order valence-corrected chi connectivity index (χ0v) is 11.2. The van der Waals surface area contributed by atoms with E-state index >= 15 is 0 Å². The molecular weight excluding hydrogens is 238 g/mol. The minimum absolute atomic E-state index is 0.0526. The molecule has 1 aromatic rings. The number of hydrogen-bond donors (Lipinski definition) is 1. The summed E-state index contributed by atoms with van der Waals surface area (Å²) in [6.07, 6.45) is 5.94. The van der Waals surface area contributed by atoms with Gasteiger partial charge in [-0.25, -0.2) is 4.79 Å². The smallest absolute Gasteiger partial charge is 0.407 e. The van der Waals surface area contributed by atoms with Crippen LogP contribution in [0.4, 0.5) is 4.79 Å². The molecule has 1 aromatic carbocycles. The Morgan fingerprint density at radius 1 is 1.32 bits per heavy atom. The molecule has 0 saturated carbocycles. The zero-order chi connectivity index (χ0) is 13.9. The molecule has 0 aliphatic heterocycles. The molecule has 1 atom stereocenters. The molecular formula is C16H21NO2. The predicted molar refractivity (Wildman–Crippen MR) is 77.8 cm³/mol. The molecule has 1 amide bonds. The summed E-state index contributed by atoms with van der Waals surface area (Å²) in [4.78, 5) is 11.6. The van der Waals surface area contributed by atoms with E-state index in [0.29, 0.717) is 0 Å². The van der Waals surface area contributed by atoms with E-state index < -0.39 is 6.09 Å². The molecule has 102 valence electrons. The fourth-order valence-electron chi connectivity index (χ4n) is 1.65. The number of allylic oxidation sites excluding steroid dienone is 1. The lowest BCUT2D eigenvalue weighted by Gasteiger charge is -2.14. The third-order valence-electron chi connectivity index (χ3n) is 2.72. The minimum atomic E-state index is -0.410. The molecule has 0 unspecified atom stereocenters. The highest BCUT2D eigenvalue weighted by Gasteiger charge is 2.09. The molecule has 3 heteroatoms. The Labute approximate surface area is 115 Å². The molecule has 1 rings (SSSR count). The normalized spacial score (nSPS) is 11.4. The van der Waals surface area contributed by atoms with Gasteiger partial charge in [0.05, 0.1) is 6.04 Å². The number of carbonyl (C=O) groups excluding carboxylic acids is 1. The van der Waals surface area contributed by atoms with Crippen molar-refractivity contribution in [3.63, 3.8) is 0 Å². The Morgan fingerprint density at radius 3 is 2.68 bits per heavy atom. The standard InChI is InChI=1S/C16H21NO2/c1-3-5-7-12-15(4-2)17-16(18)19-13-14-10-8-6-9-11-14/h3-4,6,8-11,15H,1-2,5,7,12-13H2,(H,17,18)/t15-/m0/s1. The highest BCUT2D eigenvalue weighted by molar-refractivity contribution is 5.67. The van der Waals surface area contributed by atoms with Crippen LogP contribution < -0.4 is 5.32 Å². The second kappa shape index (κ2) is 8.97. The molecule has 0 spiro atoms. The van der Waals surface area contributed by atoms with E-state index in [1.807, 2.05) is 36.4 Å². The van der Waals surface area contributed by atoms with Gasteiger partial charge in [0.1, 0.15) is 6.61 Å². The first-order valence-corrected chi connectivity index (χ1v) is 6.47. The second-order valence-electron chi connectivity index (χ2n) is 4.27. The summed E-state index contributed by atoms with van der Waals surface area (Å²) in [5, 5.41) is 2.78. The van der Waals surface area contributed by atoms with Crippen molar-refractivity contribution in [2.75, 3.05) is 0 Å². The average Bonchev–Trinajstić information content (AvgIpc) is 2.45.